The summed E-state index contributed by atoms with van der Waals surface area (Å²) >= 11 is 0. The van der Waals surface area contributed by atoms with Crippen molar-refractivity contribution in [2.24, 2.45) is 0 Å². The van der Waals surface area contributed by atoms with Crippen molar-refractivity contribution in [2.45, 2.75) is 32.2 Å². The number of carbonyl (C=O) groups is 1. The summed E-state index contributed by atoms with van der Waals surface area (Å²) in [5.41, 5.74) is 1.05. The van der Waals surface area contributed by atoms with Crippen LogP contribution >= 0.6 is 0 Å². The van der Waals surface area contributed by atoms with Crippen molar-refractivity contribution >= 4 is 11.7 Å². The number of hydrogen-bond donors (Lipinski definition) is 1. The van der Waals surface area contributed by atoms with Crippen molar-refractivity contribution in [2.75, 3.05) is 18.0 Å². The third-order valence-electron chi connectivity index (χ3n) is 3.44. The second-order valence-electron chi connectivity index (χ2n) is 4.66. The van der Waals surface area contributed by atoms with Gasteiger partial charge in [-0.2, -0.15) is 0 Å². The van der Waals surface area contributed by atoms with Gasteiger partial charge in [0.25, 0.3) is 0 Å². The van der Waals surface area contributed by atoms with E-state index in [2.05, 4.69) is 33.7 Å². The van der Waals surface area contributed by atoms with Crippen LogP contribution in [0.15, 0.2) is 25.0 Å². The Morgan fingerprint density at radius 3 is 3.21 bits per heavy atom. The number of rotatable bonds is 5. The Labute approximate surface area is 113 Å². The predicted octanol–water partition coefficient (Wildman–Crippen LogP) is 1.31. The molecule has 1 aromatic heterocycles. The van der Waals surface area contributed by atoms with Crippen LogP contribution in [0, 0.1) is 0 Å². The van der Waals surface area contributed by atoms with E-state index in [4.69, 9.17) is 0 Å². The molecule has 0 saturated carbocycles. The topological polar surface area (TPSA) is 58.1 Å². The lowest BCUT2D eigenvalue weighted by atomic mass is 10.2. The van der Waals surface area contributed by atoms with Gasteiger partial charge in [0, 0.05) is 30.9 Å². The van der Waals surface area contributed by atoms with E-state index in [-0.39, 0.29) is 5.91 Å². The molecule has 19 heavy (non-hydrogen) atoms. The van der Waals surface area contributed by atoms with Gasteiger partial charge < -0.3 is 10.2 Å². The summed E-state index contributed by atoms with van der Waals surface area (Å²) < 4.78 is 0. The van der Waals surface area contributed by atoms with Crippen LogP contribution in [0.2, 0.25) is 0 Å². The first-order valence-corrected chi connectivity index (χ1v) is 6.72. The number of nitrogens with zero attached hydrogens (tertiary/aromatic N) is 3. The molecule has 2 heterocycles. The highest BCUT2D eigenvalue weighted by Gasteiger charge is 2.25. The van der Waals surface area contributed by atoms with Gasteiger partial charge in [-0.3, -0.25) is 4.79 Å². The lowest BCUT2D eigenvalue weighted by Crippen LogP contribution is -2.40. The summed E-state index contributed by atoms with van der Waals surface area (Å²) in [5.74, 6) is 0.839. The first kappa shape index (κ1) is 13.5. The third kappa shape index (κ3) is 3.30. The highest BCUT2D eigenvalue weighted by molar-refractivity contribution is 5.86. The largest absolute Gasteiger partial charge is 0.352 e. The minimum Gasteiger partial charge on any atom is -0.352 e. The van der Waals surface area contributed by atoms with E-state index < -0.39 is 0 Å². The fourth-order valence-electron chi connectivity index (χ4n) is 2.38. The van der Waals surface area contributed by atoms with Crippen LogP contribution in [0.4, 0.5) is 5.82 Å². The van der Waals surface area contributed by atoms with Crippen molar-refractivity contribution in [3.63, 3.8) is 0 Å². The van der Waals surface area contributed by atoms with E-state index in [1.807, 2.05) is 6.07 Å². The summed E-state index contributed by atoms with van der Waals surface area (Å²) in [6.45, 7) is 7.16. The van der Waals surface area contributed by atoms with E-state index in [9.17, 15) is 4.79 Å². The quantitative estimate of drug-likeness (QED) is 0.811. The predicted molar refractivity (Wildman–Crippen MR) is 75.0 cm³/mol. The van der Waals surface area contributed by atoms with Gasteiger partial charge in [0.15, 0.2) is 0 Å². The maximum absolute atomic E-state index is 11.2. The van der Waals surface area contributed by atoms with Gasteiger partial charge in [-0.25, -0.2) is 9.97 Å². The second kappa shape index (κ2) is 6.31. The van der Waals surface area contributed by atoms with E-state index in [1.54, 1.807) is 6.33 Å². The molecule has 1 unspecified atom stereocenters. The monoisotopic (exact) mass is 260 g/mol. The molecule has 1 amide bonds. The Hall–Kier alpha value is -1.91. The molecule has 102 valence electrons. The van der Waals surface area contributed by atoms with Crippen molar-refractivity contribution in [3.8, 4) is 0 Å². The average molecular weight is 260 g/mol. The molecule has 2 rings (SSSR count). The molecule has 0 aromatic carbocycles. The van der Waals surface area contributed by atoms with E-state index in [0.717, 1.165) is 37.3 Å². The normalized spacial score (nSPS) is 18.4. The lowest BCUT2D eigenvalue weighted by Gasteiger charge is -2.25. The smallest absolute Gasteiger partial charge is 0.243 e. The van der Waals surface area contributed by atoms with E-state index >= 15 is 0 Å². The fourth-order valence-corrected chi connectivity index (χ4v) is 2.38. The molecule has 1 aliphatic heterocycles. The molecular weight excluding hydrogens is 240 g/mol. The standard InChI is InChI=1S/C14H20N4O/c1-3-11-8-13(17-10-16-11)18-7-5-6-12(18)9-15-14(19)4-2/h4,8,10,12H,2-3,5-7,9H2,1H3,(H,15,19). The van der Waals surface area contributed by atoms with Gasteiger partial charge in [0.1, 0.15) is 12.1 Å². The summed E-state index contributed by atoms with van der Waals surface area (Å²) in [5, 5.41) is 2.86. The van der Waals surface area contributed by atoms with Crippen LogP contribution in [-0.2, 0) is 11.2 Å². The maximum atomic E-state index is 11.2. The Morgan fingerprint density at radius 1 is 1.63 bits per heavy atom. The van der Waals surface area contributed by atoms with Crippen LogP contribution in [0.1, 0.15) is 25.5 Å². The number of anilines is 1. The van der Waals surface area contributed by atoms with Crippen LogP contribution in [0.3, 0.4) is 0 Å². The summed E-state index contributed by atoms with van der Waals surface area (Å²) in [6, 6.07) is 2.34. The number of aromatic nitrogens is 2. The maximum Gasteiger partial charge on any atom is 0.243 e. The number of amides is 1. The number of nitrogens with one attached hydrogen (secondary N) is 1. The zero-order valence-corrected chi connectivity index (χ0v) is 11.3. The van der Waals surface area contributed by atoms with Gasteiger partial charge in [-0.1, -0.05) is 13.5 Å². The third-order valence-corrected chi connectivity index (χ3v) is 3.44. The van der Waals surface area contributed by atoms with Crippen LogP contribution < -0.4 is 10.2 Å². The van der Waals surface area contributed by atoms with Gasteiger partial charge in [0.2, 0.25) is 5.91 Å². The SMILES string of the molecule is C=CC(=O)NCC1CCCN1c1cc(CC)ncn1. The second-order valence-corrected chi connectivity index (χ2v) is 4.66. The molecular formula is C14H20N4O. The number of hydrogen-bond acceptors (Lipinski definition) is 4. The van der Waals surface area contributed by atoms with Crippen molar-refractivity contribution in [3.05, 3.63) is 30.7 Å². The molecule has 5 heteroatoms. The minimum atomic E-state index is -0.121. The number of carbonyl (C=O) groups excluding carboxylic acids is 1. The van der Waals surface area contributed by atoms with Gasteiger partial charge >= 0.3 is 0 Å². The average Bonchev–Trinajstić information content (AvgIpc) is 2.93. The van der Waals surface area contributed by atoms with Crippen molar-refractivity contribution < 1.29 is 4.79 Å². The Balaban J connectivity index is 2.05. The van der Waals surface area contributed by atoms with Gasteiger partial charge in [-0.15, -0.1) is 0 Å². The molecule has 0 bridgehead atoms. The van der Waals surface area contributed by atoms with Gasteiger partial charge in [0.05, 0.1) is 0 Å². The Morgan fingerprint density at radius 2 is 2.47 bits per heavy atom. The molecule has 0 radical (unpaired) electrons. The van der Waals surface area contributed by atoms with E-state index in [1.165, 1.54) is 6.08 Å². The highest BCUT2D eigenvalue weighted by atomic mass is 16.1. The van der Waals surface area contributed by atoms with Crippen molar-refractivity contribution in [1.82, 2.24) is 15.3 Å². The van der Waals surface area contributed by atoms with Gasteiger partial charge in [-0.05, 0) is 25.3 Å². The van der Waals surface area contributed by atoms with E-state index in [0.29, 0.717) is 12.6 Å². The summed E-state index contributed by atoms with van der Waals surface area (Å²) in [6.07, 6.45) is 6.02. The molecule has 1 N–H and O–H groups in total. The lowest BCUT2D eigenvalue weighted by molar-refractivity contribution is -0.116. The summed E-state index contributed by atoms with van der Waals surface area (Å²) in [7, 11) is 0. The molecule has 1 fully saturated rings. The zero-order chi connectivity index (χ0) is 13.7. The molecule has 1 atom stereocenters. The fraction of sp³-hybridized carbons (Fsp3) is 0.500. The molecule has 1 aromatic rings. The molecule has 0 aliphatic carbocycles. The molecule has 1 saturated heterocycles. The summed E-state index contributed by atoms with van der Waals surface area (Å²) in [4.78, 5) is 22.1. The Kier molecular flexibility index (Phi) is 4.49. The molecule has 0 spiro atoms. The zero-order valence-electron chi connectivity index (χ0n) is 11.3. The highest BCUT2D eigenvalue weighted by Crippen LogP contribution is 2.23. The Bertz CT molecular complexity index is 461. The first-order chi connectivity index (χ1) is 9.24. The van der Waals surface area contributed by atoms with Crippen LogP contribution in [0.5, 0.6) is 0 Å². The number of aryl methyl sites for hydroxylation is 1. The van der Waals surface area contributed by atoms with Crippen LogP contribution in [0.25, 0.3) is 0 Å². The first-order valence-electron chi connectivity index (χ1n) is 6.72. The van der Waals surface area contributed by atoms with Crippen molar-refractivity contribution in [1.29, 1.82) is 0 Å². The minimum absolute atomic E-state index is 0.121. The molecule has 1 aliphatic rings. The van der Waals surface area contributed by atoms with Crippen LogP contribution in [-0.4, -0.2) is 35.0 Å². The molecule has 5 nitrogen and oxygen atoms in total.